The highest BCUT2D eigenvalue weighted by Crippen LogP contribution is 2.29. The van der Waals surface area contributed by atoms with E-state index in [1.165, 1.54) is 0 Å². The fraction of sp³-hybridized carbons (Fsp3) is 0.136. The highest BCUT2D eigenvalue weighted by molar-refractivity contribution is 7.98. The Labute approximate surface area is 178 Å². The van der Waals surface area contributed by atoms with Crippen molar-refractivity contribution >= 4 is 23.1 Å². The van der Waals surface area contributed by atoms with Crippen LogP contribution in [0.25, 0.3) is 22.0 Å². The molecule has 4 rings (SSSR count). The summed E-state index contributed by atoms with van der Waals surface area (Å²) in [6.07, 6.45) is 1.86. The van der Waals surface area contributed by atoms with Crippen LogP contribution in [-0.2, 0) is 12.3 Å². The topological polar surface area (TPSA) is 52.8 Å². The van der Waals surface area contributed by atoms with E-state index in [1.807, 2.05) is 48.5 Å². The van der Waals surface area contributed by atoms with Crippen LogP contribution < -0.4 is 4.74 Å². The van der Waals surface area contributed by atoms with Crippen molar-refractivity contribution in [2.24, 2.45) is 0 Å². The lowest BCUT2D eigenvalue weighted by Gasteiger charge is -2.08. The van der Waals surface area contributed by atoms with Gasteiger partial charge in [0.15, 0.2) is 11.0 Å². The third-order valence-corrected chi connectivity index (χ3v) is 6.24. The molecule has 0 bridgehead atoms. The quantitative estimate of drug-likeness (QED) is 0.276. The number of allylic oxidation sites excluding steroid dienone is 1. The molecule has 29 heavy (non-hydrogen) atoms. The fourth-order valence-corrected chi connectivity index (χ4v) is 4.64. The summed E-state index contributed by atoms with van der Waals surface area (Å²) in [7, 11) is 1.66. The molecule has 0 radical (unpaired) electrons. The third-order valence-electron chi connectivity index (χ3n) is 4.30. The summed E-state index contributed by atoms with van der Waals surface area (Å²) in [5.41, 5.74) is 3.18. The van der Waals surface area contributed by atoms with Gasteiger partial charge in [-0.3, -0.25) is 4.57 Å². The number of thioether (sulfide) groups is 1. The van der Waals surface area contributed by atoms with Gasteiger partial charge in [-0.05, 0) is 24.3 Å². The molecule has 5 nitrogen and oxygen atoms in total. The van der Waals surface area contributed by atoms with Gasteiger partial charge in [-0.2, -0.15) is 0 Å². The van der Waals surface area contributed by atoms with Crippen molar-refractivity contribution in [2.45, 2.75) is 17.5 Å². The molecule has 2 aromatic carbocycles. The van der Waals surface area contributed by atoms with Crippen LogP contribution in [0.4, 0.5) is 0 Å². The Kier molecular flexibility index (Phi) is 6.07. The van der Waals surface area contributed by atoms with Gasteiger partial charge in [0.25, 0.3) is 0 Å². The Bertz CT molecular complexity index is 1090. The van der Waals surface area contributed by atoms with Gasteiger partial charge in [-0.25, -0.2) is 4.98 Å². The first-order valence-electron chi connectivity index (χ1n) is 9.09. The van der Waals surface area contributed by atoms with Crippen molar-refractivity contribution in [3.05, 3.63) is 78.3 Å². The minimum Gasteiger partial charge on any atom is -0.497 e. The molecule has 0 N–H and O–H groups in total. The molecule has 7 heteroatoms. The third kappa shape index (κ3) is 4.41. The fourth-order valence-electron chi connectivity index (χ4n) is 2.87. The summed E-state index contributed by atoms with van der Waals surface area (Å²) in [5, 5.41) is 12.8. The lowest BCUT2D eigenvalue weighted by Crippen LogP contribution is -2.00. The van der Waals surface area contributed by atoms with Gasteiger partial charge >= 0.3 is 0 Å². The van der Waals surface area contributed by atoms with Gasteiger partial charge < -0.3 is 4.74 Å². The Morgan fingerprint density at radius 2 is 1.86 bits per heavy atom. The second-order valence-corrected chi connectivity index (χ2v) is 8.03. The van der Waals surface area contributed by atoms with Crippen LogP contribution in [0.5, 0.6) is 5.75 Å². The Balaban J connectivity index is 1.52. The van der Waals surface area contributed by atoms with Crippen molar-refractivity contribution in [3.63, 3.8) is 0 Å². The summed E-state index contributed by atoms with van der Waals surface area (Å²) < 4.78 is 7.31. The van der Waals surface area contributed by atoms with Gasteiger partial charge in [0, 0.05) is 28.8 Å². The van der Waals surface area contributed by atoms with E-state index in [4.69, 9.17) is 9.72 Å². The molecule has 0 aliphatic carbocycles. The SMILES string of the molecule is C=CCn1c(SCc2csc(-c3ccccc3)n2)nnc1-c1ccc(OC)cc1. The normalized spacial score (nSPS) is 10.8. The molecular weight excluding hydrogens is 400 g/mol. The molecule has 2 aromatic heterocycles. The largest absolute Gasteiger partial charge is 0.497 e. The Hall–Kier alpha value is -2.90. The minimum absolute atomic E-state index is 0.642. The van der Waals surface area contributed by atoms with Crippen LogP contribution in [0.2, 0.25) is 0 Å². The van der Waals surface area contributed by atoms with Gasteiger partial charge in [0.2, 0.25) is 0 Å². The van der Waals surface area contributed by atoms with Crippen molar-refractivity contribution in [1.29, 1.82) is 0 Å². The first kappa shape index (κ1) is 19.4. The molecule has 0 aliphatic heterocycles. The summed E-state index contributed by atoms with van der Waals surface area (Å²) in [6, 6.07) is 18.1. The molecular formula is C22H20N4OS2. The standard InChI is InChI=1S/C22H20N4OS2/c1-3-13-26-20(16-9-11-19(27-2)12-10-16)24-25-22(26)29-15-18-14-28-21(23-18)17-7-5-4-6-8-17/h3-12,14H,1,13,15H2,2H3. The number of methoxy groups -OCH3 is 1. The number of nitrogens with zero attached hydrogens (tertiary/aromatic N) is 4. The molecule has 0 fully saturated rings. The second kappa shape index (κ2) is 9.07. The number of aromatic nitrogens is 4. The van der Waals surface area contributed by atoms with Crippen LogP contribution >= 0.6 is 23.1 Å². The van der Waals surface area contributed by atoms with Crippen LogP contribution in [0.1, 0.15) is 5.69 Å². The molecule has 0 aliphatic rings. The van der Waals surface area contributed by atoms with E-state index in [-0.39, 0.29) is 0 Å². The van der Waals surface area contributed by atoms with Crippen LogP contribution in [0, 0.1) is 0 Å². The first-order valence-corrected chi connectivity index (χ1v) is 11.0. The van der Waals surface area contributed by atoms with E-state index < -0.39 is 0 Å². The van der Waals surface area contributed by atoms with Gasteiger partial charge in [-0.1, -0.05) is 48.2 Å². The van der Waals surface area contributed by atoms with Crippen LogP contribution in [0.15, 0.2) is 77.8 Å². The van der Waals surface area contributed by atoms with Gasteiger partial charge in [0.1, 0.15) is 10.8 Å². The van der Waals surface area contributed by atoms with Crippen molar-refractivity contribution < 1.29 is 4.74 Å². The lowest BCUT2D eigenvalue weighted by atomic mass is 10.2. The first-order chi connectivity index (χ1) is 14.3. The summed E-state index contributed by atoms with van der Waals surface area (Å²) in [5.74, 6) is 2.37. The van der Waals surface area contributed by atoms with E-state index in [9.17, 15) is 0 Å². The molecule has 0 amide bonds. The van der Waals surface area contributed by atoms with E-state index in [0.29, 0.717) is 6.54 Å². The maximum absolute atomic E-state index is 5.24. The molecule has 0 saturated heterocycles. The number of ether oxygens (including phenoxy) is 1. The zero-order valence-corrected chi connectivity index (χ0v) is 17.6. The average Bonchev–Trinajstić information content (AvgIpc) is 3.41. The molecule has 146 valence electrons. The number of hydrogen-bond donors (Lipinski definition) is 0. The Morgan fingerprint density at radius 3 is 2.59 bits per heavy atom. The molecule has 4 aromatic rings. The Morgan fingerprint density at radius 1 is 1.07 bits per heavy atom. The molecule has 0 spiro atoms. The van der Waals surface area contributed by atoms with Crippen LogP contribution in [-0.4, -0.2) is 26.9 Å². The van der Waals surface area contributed by atoms with Crippen molar-refractivity contribution in [3.8, 4) is 27.7 Å². The lowest BCUT2D eigenvalue weighted by molar-refractivity contribution is 0.415. The highest BCUT2D eigenvalue weighted by atomic mass is 32.2. The monoisotopic (exact) mass is 420 g/mol. The molecule has 0 unspecified atom stereocenters. The summed E-state index contributed by atoms with van der Waals surface area (Å²) in [6.45, 7) is 4.52. The maximum atomic E-state index is 5.24. The average molecular weight is 421 g/mol. The number of thiazole rings is 1. The zero-order chi connectivity index (χ0) is 20.1. The molecule has 0 atom stereocenters. The van der Waals surface area contributed by atoms with Gasteiger partial charge in [0.05, 0.1) is 12.8 Å². The summed E-state index contributed by atoms with van der Waals surface area (Å²) >= 11 is 3.30. The maximum Gasteiger partial charge on any atom is 0.192 e. The smallest absolute Gasteiger partial charge is 0.192 e. The minimum atomic E-state index is 0.642. The molecule has 2 heterocycles. The van der Waals surface area contributed by atoms with Gasteiger partial charge in [-0.15, -0.1) is 28.1 Å². The van der Waals surface area contributed by atoms with E-state index in [1.54, 1.807) is 30.2 Å². The second-order valence-electron chi connectivity index (χ2n) is 6.23. The number of benzene rings is 2. The van der Waals surface area contributed by atoms with E-state index in [2.05, 4.69) is 38.9 Å². The van der Waals surface area contributed by atoms with E-state index in [0.717, 1.165) is 44.3 Å². The molecule has 0 saturated carbocycles. The van der Waals surface area contributed by atoms with E-state index >= 15 is 0 Å². The van der Waals surface area contributed by atoms with Crippen LogP contribution in [0.3, 0.4) is 0 Å². The predicted octanol–water partition coefficient (Wildman–Crippen LogP) is 5.56. The predicted molar refractivity (Wildman–Crippen MR) is 119 cm³/mol. The summed E-state index contributed by atoms with van der Waals surface area (Å²) in [4.78, 5) is 4.76. The number of rotatable bonds is 8. The number of hydrogen-bond acceptors (Lipinski definition) is 6. The van der Waals surface area contributed by atoms with Crippen molar-refractivity contribution in [2.75, 3.05) is 7.11 Å². The highest BCUT2D eigenvalue weighted by Gasteiger charge is 2.14. The zero-order valence-electron chi connectivity index (χ0n) is 16.0. The van der Waals surface area contributed by atoms with Crippen molar-refractivity contribution in [1.82, 2.24) is 19.7 Å².